The molecule has 4 rings (SSSR count). The number of amides is 1. The van der Waals surface area contributed by atoms with Crippen molar-refractivity contribution < 1.29 is 39.2 Å². The first-order valence-electron chi connectivity index (χ1n) is 14.2. The molecule has 0 spiro atoms. The molecule has 10 nitrogen and oxygen atoms in total. The summed E-state index contributed by atoms with van der Waals surface area (Å²) in [6, 6.07) is 18.3. The Morgan fingerprint density at radius 3 is 2.28 bits per heavy atom. The minimum atomic E-state index is -1.03. The summed E-state index contributed by atoms with van der Waals surface area (Å²) in [4.78, 5) is 38.7. The SMILES string of the molecule is O=C(O)CCCCCC(=O)NCc1ccc([C@H]2O[C@@H](CSc3ncccc3C(=O)O)C[C@@H](c3ccc(CO)cc3)O2)cc1. The highest BCUT2D eigenvalue weighted by Crippen LogP contribution is 2.39. The molecule has 11 heteroatoms. The van der Waals surface area contributed by atoms with E-state index in [1.54, 1.807) is 12.3 Å². The number of thioether (sulfide) groups is 1. The lowest BCUT2D eigenvalue weighted by molar-refractivity contribution is -0.245. The lowest BCUT2D eigenvalue weighted by Gasteiger charge is -2.36. The Morgan fingerprint density at radius 1 is 0.884 bits per heavy atom. The lowest BCUT2D eigenvalue weighted by Crippen LogP contribution is -2.31. The second-order valence-electron chi connectivity index (χ2n) is 10.3. The summed E-state index contributed by atoms with van der Waals surface area (Å²) in [6.45, 7) is 0.322. The smallest absolute Gasteiger partial charge is 0.338 e. The number of aliphatic carboxylic acids is 1. The Morgan fingerprint density at radius 2 is 1.58 bits per heavy atom. The van der Waals surface area contributed by atoms with Crippen LogP contribution in [-0.4, -0.2) is 50.0 Å². The van der Waals surface area contributed by atoms with E-state index in [9.17, 15) is 24.6 Å². The van der Waals surface area contributed by atoms with Gasteiger partial charge in [0.25, 0.3) is 0 Å². The fourth-order valence-corrected chi connectivity index (χ4v) is 5.69. The number of ether oxygens (including phenoxy) is 2. The number of aromatic nitrogens is 1. The summed E-state index contributed by atoms with van der Waals surface area (Å²) in [5.41, 5.74) is 3.62. The Labute approximate surface area is 254 Å². The van der Waals surface area contributed by atoms with Crippen molar-refractivity contribution in [2.45, 2.75) is 75.2 Å². The van der Waals surface area contributed by atoms with Crippen molar-refractivity contribution >= 4 is 29.6 Å². The van der Waals surface area contributed by atoms with Crippen LogP contribution in [0.5, 0.6) is 0 Å². The molecule has 43 heavy (non-hydrogen) atoms. The molecule has 1 aliphatic heterocycles. The summed E-state index contributed by atoms with van der Waals surface area (Å²) >= 11 is 1.33. The van der Waals surface area contributed by atoms with Crippen molar-refractivity contribution in [3.8, 4) is 0 Å². The number of nitrogens with zero attached hydrogens (tertiary/aromatic N) is 1. The van der Waals surface area contributed by atoms with Crippen LogP contribution in [0.2, 0.25) is 0 Å². The molecule has 2 aromatic carbocycles. The molecule has 1 aliphatic rings. The van der Waals surface area contributed by atoms with Crippen LogP contribution in [0.4, 0.5) is 0 Å². The number of nitrogens with one attached hydrogen (secondary N) is 1. The highest BCUT2D eigenvalue weighted by molar-refractivity contribution is 7.99. The quantitative estimate of drug-likeness (QED) is 0.133. The summed E-state index contributed by atoms with van der Waals surface area (Å²) in [5, 5.41) is 31.0. The molecule has 1 amide bonds. The number of pyridine rings is 1. The molecule has 4 N–H and O–H groups in total. The minimum absolute atomic E-state index is 0.0492. The van der Waals surface area contributed by atoms with Crippen molar-refractivity contribution in [3.63, 3.8) is 0 Å². The second kappa shape index (κ2) is 16.2. The highest BCUT2D eigenvalue weighted by atomic mass is 32.2. The van der Waals surface area contributed by atoms with E-state index in [-0.39, 0.29) is 36.7 Å². The lowest BCUT2D eigenvalue weighted by atomic mass is 10.0. The number of hydrogen-bond donors (Lipinski definition) is 4. The van der Waals surface area contributed by atoms with Crippen LogP contribution in [0.1, 0.15) is 83.5 Å². The molecular weight excluding hydrogens is 572 g/mol. The fraction of sp³-hybridized carbons (Fsp3) is 0.375. The van der Waals surface area contributed by atoms with Crippen LogP contribution >= 0.6 is 11.8 Å². The van der Waals surface area contributed by atoms with Gasteiger partial charge >= 0.3 is 11.9 Å². The van der Waals surface area contributed by atoms with Gasteiger partial charge in [0.15, 0.2) is 6.29 Å². The molecule has 0 unspecified atom stereocenters. The van der Waals surface area contributed by atoms with Gasteiger partial charge in [0, 0.05) is 43.3 Å². The van der Waals surface area contributed by atoms with Gasteiger partial charge in [-0.3, -0.25) is 9.59 Å². The van der Waals surface area contributed by atoms with Crippen molar-refractivity contribution in [3.05, 3.63) is 94.7 Å². The van der Waals surface area contributed by atoms with E-state index in [2.05, 4.69) is 10.3 Å². The van der Waals surface area contributed by atoms with Crippen LogP contribution in [0.25, 0.3) is 0 Å². The number of hydrogen-bond acceptors (Lipinski definition) is 8. The first kappa shape index (κ1) is 32.2. The normalized spacial score (nSPS) is 18.2. The maximum atomic E-state index is 12.2. The predicted molar refractivity (Wildman–Crippen MR) is 159 cm³/mol. The Balaban J connectivity index is 1.39. The van der Waals surface area contributed by atoms with Gasteiger partial charge in [0.05, 0.1) is 24.4 Å². The number of unbranched alkanes of at least 4 members (excludes halogenated alkanes) is 2. The van der Waals surface area contributed by atoms with Crippen molar-refractivity contribution in [2.75, 3.05) is 5.75 Å². The van der Waals surface area contributed by atoms with E-state index in [0.717, 1.165) is 22.3 Å². The monoisotopic (exact) mass is 608 g/mol. The zero-order valence-corrected chi connectivity index (χ0v) is 24.5. The van der Waals surface area contributed by atoms with Gasteiger partial charge in [-0.2, -0.15) is 0 Å². The van der Waals surface area contributed by atoms with E-state index in [0.29, 0.717) is 49.4 Å². The molecule has 0 aliphatic carbocycles. The van der Waals surface area contributed by atoms with Gasteiger partial charge in [-0.15, -0.1) is 11.8 Å². The summed E-state index contributed by atoms with van der Waals surface area (Å²) < 4.78 is 12.7. The van der Waals surface area contributed by atoms with Gasteiger partial charge in [-0.1, -0.05) is 55.0 Å². The van der Waals surface area contributed by atoms with E-state index >= 15 is 0 Å². The summed E-state index contributed by atoms with van der Waals surface area (Å²) in [6.07, 6.45) is 3.30. The molecule has 228 valence electrons. The van der Waals surface area contributed by atoms with E-state index < -0.39 is 18.2 Å². The number of carbonyl (C=O) groups excluding carboxylic acids is 1. The van der Waals surface area contributed by atoms with Gasteiger partial charge < -0.3 is 30.1 Å². The standard InChI is InChI=1S/C32H36N2O8S/c35-19-22-10-12-23(13-11-22)27-17-25(20-43-30-26(31(39)40)5-4-16-33-30)41-32(42-27)24-14-8-21(9-15-24)18-34-28(36)6-2-1-3-7-29(37)38/h4-5,8-16,25,27,32,35H,1-3,6-7,17-20H2,(H,34,36)(H,37,38)(H,39,40)/t25-,27+,32+/m1/s1. The molecule has 3 aromatic rings. The third kappa shape index (κ3) is 9.89. The zero-order valence-electron chi connectivity index (χ0n) is 23.7. The van der Waals surface area contributed by atoms with E-state index in [1.807, 2.05) is 48.5 Å². The molecule has 1 aromatic heterocycles. The summed E-state index contributed by atoms with van der Waals surface area (Å²) in [5.74, 6) is -1.46. The number of benzene rings is 2. The Kier molecular flexibility index (Phi) is 12.1. The average molecular weight is 609 g/mol. The Bertz CT molecular complexity index is 1370. The third-order valence-electron chi connectivity index (χ3n) is 7.06. The van der Waals surface area contributed by atoms with Crippen molar-refractivity contribution in [1.29, 1.82) is 0 Å². The first-order valence-corrected chi connectivity index (χ1v) is 15.2. The molecule has 1 saturated heterocycles. The van der Waals surface area contributed by atoms with Crippen LogP contribution in [-0.2, 0) is 32.2 Å². The number of carboxylic acids is 2. The number of aliphatic hydroxyl groups excluding tert-OH is 1. The molecule has 0 radical (unpaired) electrons. The first-order chi connectivity index (χ1) is 20.8. The number of aromatic carboxylic acids is 1. The zero-order chi connectivity index (χ0) is 30.6. The predicted octanol–water partition coefficient (Wildman–Crippen LogP) is 5.26. The average Bonchev–Trinajstić information content (AvgIpc) is 3.02. The molecule has 1 fully saturated rings. The van der Waals surface area contributed by atoms with Crippen molar-refractivity contribution in [1.82, 2.24) is 10.3 Å². The van der Waals surface area contributed by atoms with Crippen molar-refractivity contribution in [2.24, 2.45) is 0 Å². The Hall–Kier alpha value is -3.77. The van der Waals surface area contributed by atoms with Crippen LogP contribution in [0, 0.1) is 0 Å². The minimum Gasteiger partial charge on any atom is -0.481 e. The molecule has 2 heterocycles. The van der Waals surface area contributed by atoms with Gasteiger partial charge in [0.1, 0.15) is 5.03 Å². The number of rotatable bonds is 15. The largest absolute Gasteiger partial charge is 0.481 e. The van der Waals surface area contributed by atoms with Crippen LogP contribution < -0.4 is 5.32 Å². The number of aliphatic hydroxyl groups is 1. The molecule has 0 saturated carbocycles. The molecule has 0 bridgehead atoms. The van der Waals surface area contributed by atoms with Crippen LogP contribution in [0.15, 0.2) is 71.9 Å². The topological polar surface area (TPSA) is 155 Å². The maximum Gasteiger partial charge on any atom is 0.338 e. The van der Waals surface area contributed by atoms with Gasteiger partial charge in [-0.05, 0) is 41.7 Å². The summed E-state index contributed by atoms with van der Waals surface area (Å²) in [7, 11) is 0. The molecule has 3 atom stereocenters. The van der Waals surface area contributed by atoms with E-state index in [4.69, 9.17) is 14.6 Å². The third-order valence-corrected chi connectivity index (χ3v) is 8.20. The molecular formula is C32H36N2O8S. The number of carboxylic acid groups (broad SMARTS) is 2. The number of carbonyl (C=O) groups is 3. The highest BCUT2D eigenvalue weighted by Gasteiger charge is 2.32. The second-order valence-corrected chi connectivity index (χ2v) is 11.3. The fourth-order valence-electron chi connectivity index (χ4n) is 4.68. The van der Waals surface area contributed by atoms with Gasteiger partial charge in [-0.25, -0.2) is 9.78 Å². The maximum absolute atomic E-state index is 12.2. The van der Waals surface area contributed by atoms with E-state index in [1.165, 1.54) is 17.8 Å². The van der Waals surface area contributed by atoms with Crippen LogP contribution in [0.3, 0.4) is 0 Å². The van der Waals surface area contributed by atoms with Gasteiger partial charge in [0.2, 0.25) is 5.91 Å².